The second kappa shape index (κ2) is 9.82. The van der Waals surface area contributed by atoms with Gasteiger partial charge in [-0.2, -0.15) is 4.31 Å². The van der Waals surface area contributed by atoms with Gasteiger partial charge in [-0.25, -0.2) is 12.8 Å². The van der Waals surface area contributed by atoms with Crippen molar-refractivity contribution in [3.8, 4) is 10.4 Å². The number of hydrogen-bond acceptors (Lipinski definition) is 5. The van der Waals surface area contributed by atoms with Crippen molar-refractivity contribution in [3.05, 3.63) is 76.9 Å². The third kappa shape index (κ3) is 5.29. The van der Waals surface area contributed by atoms with Gasteiger partial charge in [0.2, 0.25) is 10.0 Å². The van der Waals surface area contributed by atoms with Crippen molar-refractivity contribution in [2.24, 2.45) is 0 Å². The highest BCUT2D eigenvalue weighted by atomic mass is 32.2. The lowest BCUT2D eigenvalue weighted by molar-refractivity contribution is 0.0849. The van der Waals surface area contributed by atoms with Crippen LogP contribution in [0.1, 0.15) is 39.3 Å². The highest BCUT2D eigenvalue weighted by molar-refractivity contribution is 7.89. The van der Waals surface area contributed by atoms with Crippen molar-refractivity contribution in [2.45, 2.75) is 24.2 Å². The van der Waals surface area contributed by atoms with Gasteiger partial charge in [-0.1, -0.05) is 18.6 Å². The van der Waals surface area contributed by atoms with Crippen molar-refractivity contribution >= 4 is 33.2 Å². The SMILES string of the molecule is O=C(NNC(=O)c1ccc(-c2ccc(F)cc2)s1)c1ccc(S(=O)(=O)N2CCCCC2)cc1. The Morgan fingerprint density at radius 2 is 1.45 bits per heavy atom. The molecular formula is C23H22FN3O4S2. The summed E-state index contributed by atoms with van der Waals surface area (Å²) in [6.07, 6.45) is 2.71. The minimum Gasteiger partial charge on any atom is -0.267 e. The number of nitrogens with one attached hydrogen (secondary N) is 2. The number of halogens is 1. The maximum atomic E-state index is 13.1. The number of carbonyl (C=O) groups excluding carboxylic acids is 2. The van der Waals surface area contributed by atoms with E-state index in [1.54, 1.807) is 24.3 Å². The van der Waals surface area contributed by atoms with Crippen LogP contribution in [0.3, 0.4) is 0 Å². The monoisotopic (exact) mass is 487 g/mol. The van der Waals surface area contributed by atoms with Crippen LogP contribution in [0, 0.1) is 5.82 Å². The van der Waals surface area contributed by atoms with Crippen LogP contribution >= 0.6 is 11.3 Å². The number of amides is 2. The van der Waals surface area contributed by atoms with Crippen LogP contribution in [0.25, 0.3) is 10.4 Å². The summed E-state index contributed by atoms with van der Waals surface area (Å²) >= 11 is 1.21. The molecule has 2 amide bonds. The fraction of sp³-hybridized carbons (Fsp3) is 0.217. The molecule has 0 bridgehead atoms. The molecular weight excluding hydrogens is 465 g/mol. The number of carbonyl (C=O) groups is 2. The van der Waals surface area contributed by atoms with Crippen LogP contribution in [0.5, 0.6) is 0 Å². The Kier molecular flexibility index (Phi) is 6.87. The van der Waals surface area contributed by atoms with E-state index in [0.29, 0.717) is 18.0 Å². The summed E-state index contributed by atoms with van der Waals surface area (Å²) in [5.74, 6) is -1.40. The molecule has 0 aliphatic carbocycles. The number of hydrogen-bond donors (Lipinski definition) is 2. The molecule has 1 aliphatic heterocycles. The molecule has 2 heterocycles. The number of nitrogens with zero attached hydrogens (tertiary/aromatic N) is 1. The average molecular weight is 488 g/mol. The summed E-state index contributed by atoms with van der Waals surface area (Å²) in [5.41, 5.74) is 5.68. The van der Waals surface area contributed by atoms with E-state index in [4.69, 9.17) is 0 Å². The summed E-state index contributed by atoms with van der Waals surface area (Å²) in [6, 6.07) is 14.9. The van der Waals surface area contributed by atoms with Crippen LogP contribution in [-0.4, -0.2) is 37.6 Å². The molecule has 1 aliphatic rings. The quantitative estimate of drug-likeness (QED) is 0.535. The molecule has 7 nitrogen and oxygen atoms in total. The molecule has 0 atom stereocenters. The van der Waals surface area contributed by atoms with Gasteiger partial charge in [-0.05, 0) is 66.9 Å². The van der Waals surface area contributed by atoms with Crippen molar-refractivity contribution in [2.75, 3.05) is 13.1 Å². The topological polar surface area (TPSA) is 95.6 Å². The molecule has 0 saturated carbocycles. The number of hydrazine groups is 1. The maximum Gasteiger partial charge on any atom is 0.279 e. The first-order chi connectivity index (χ1) is 15.8. The van der Waals surface area contributed by atoms with Crippen LogP contribution in [0.15, 0.2) is 65.6 Å². The highest BCUT2D eigenvalue weighted by Gasteiger charge is 2.26. The Morgan fingerprint density at radius 3 is 2.12 bits per heavy atom. The van der Waals surface area contributed by atoms with Gasteiger partial charge < -0.3 is 0 Å². The molecule has 0 radical (unpaired) electrons. The van der Waals surface area contributed by atoms with Crippen molar-refractivity contribution in [1.29, 1.82) is 0 Å². The van der Waals surface area contributed by atoms with E-state index in [-0.39, 0.29) is 16.3 Å². The lowest BCUT2D eigenvalue weighted by atomic mass is 10.2. The maximum absolute atomic E-state index is 13.1. The van der Waals surface area contributed by atoms with Crippen molar-refractivity contribution in [3.63, 3.8) is 0 Å². The number of thiophene rings is 1. The Morgan fingerprint density at radius 1 is 0.818 bits per heavy atom. The number of rotatable bonds is 5. The predicted octanol–water partition coefficient (Wildman–Crippen LogP) is 3.80. The minimum absolute atomic E-state index is 0.136. The predicted molar refractivity (Wildman–Crippen MR) is 124 cm³/mol. The highest BCUT2D eigenvalue weighted by Crippen LogP contribution is 2.28. The Balaban J connectivity index is 1.36. The van der Waals surface area contributed by atoms with E-state index in [9.17, 15) is 22.4 Å². The molecule has 3 aromatic rings. The van der Waals surface area contributed by atoms with E-state index < -0.39 is 21.8 Å². The molecule has 2 N–H and O–H groups in total. The number of sulfonamides is 1. The van der Waals surface area contributed by atoms with E-state index in [0.717, 1.165) is 29.7 Å². The Bertz CT molecular complexity index is 1250. The molecule has 1 saturated heterocycles. The average Bonchev–Trinajstić information content (AvgIpc) is 3.34. The molecule has 0 spiro atoms. The molecule has 0 unspecified atom stereocenters. The molecule has 10 heteroatoms. The summed E-state index contributed by atoms with van der Waals surface area (Å²) in [6.45, 7) is 1.00. The smallest absolute Gasteiger partial charge is 0.267 e. The fourth-order valence-electron chi connectivity index (χ4n) is 3.51. The summed E-state index contributed by atoms with van der Waals surface area (Å²) < 4.78 is 40.0. The Labute approximate surface area is 195 Å². The summed E-state index contributed by atoms with van der Waals surface area (Å²) in [5, 5.41) is 0. The molecule has 172 valence electrons. The van der Waals surface area contributed by atoms with E-state index in [2.05, 4.69) is 10.9 Å². The van der Waals surface area contributed by atoms with Gasteiger partial charge in [0.25, 0.3) is 11.8 Å². The first-order valence-electron chi connectivity index (χ1n) is 10.4. The second-order valence-corrected chi connectivity index (χ2v) is 10.6. The molecule has 2 aromatic carbocycles. The first-order valence-corrected chi connectivity index (χ1v) is 12.7. The number of piperidine rings is 1. The third-order valence-corrected chi connectivity index (χ3v) is 8.36. The second-order valence-electron chi connectivity index (χ2n) is 7.57. The van der Waals surface area contributed by atoms with Crippen molar-refractivity contribution < 1.29 is 22.4 Å². The van der Waals surface area contributed by atoms with Gasteiger partial charge in [-0.3, -0.25) is 20.4 Å². The fourth-order valence-corrected chi connectivity index (χ4v) is 5.93. The standard InChI is InChI=1S/C23H22FN3O4S2/c24-18-8-4-16(5-9-18)20-12-13-21(32-20)23(29)26-25-22(28)17-6-10-19(11-7-17)33(30,31)27-14-2-1-3-15-27/h4-13H,1-3,14-15H2,(H,25,28)(H,26,29). The normalized spacial score (nSPS) is 14.6. The van der Waals surface area contributed by atoms with Gasteiger partial charge in [0.15, 0.2) is 0 Å². The van der Waals surface area contributed by atoms with E-state index >= 15 is 0 Å². The first kappa shape index (κ1) is 23.1. The third-order valence-electron chi connectivity index (χ3n) is 5.32. The zero-order valence-corrected chi connectivity index (χ0v) is 19.2. The van der Waals surface area contributed by atoms with Crippen LogP contribution in [0.4, 0.5) is 4.39 Å². The molecule has 1 fully saturated rings. The van der Waals surface area contributed by atoms with Crippen LogP contribution < -0.4 is 10.9 Å². The zero-order chi connectivity index (χ0) is 23.4. The zero-order valence-electron chi connectivity index (χ0n) is 17.6. The van der Waals surface area contributed by atoms with E-state index in [1.165, 1.54) is 52.0 Å². The Hall–Kier alpha value is -3.08. The van der Waals surface area contributed by atoms with Crippen molar-refractivity contribution in [1.82, 2.24) is 15.2 Å². The van der Waals surface area contributed by atoms with Gasteiger partial charge in [0, 0.05) is 23.5 Å². The molecule has 33 heavy (non-hydrogen) atoms. The minimum atomic E-state index is -3.58. The molecule has 1 aromatic heterocycles. The lowest BCUT2D eigenvalue weighted by Gasteiger charge is -2.25. The van der Waals surface area contributed by atoms with Gasteiger partial charge in [-0.15, -0.1) is 11.3 Å². The van der Waals surface area contributed by atoms with Gasteiger partial charge >= 0.3 is 0 Å². The largest absolute Gasteiger partial charge is 0.279 e. The summed E-state index contributed by atoms with van der Waals surface area (Å²) in [7, 11) is -3.58. The van der Waals surface area contributed by atoms with Gasteiger partial charge in [0.05, 0.1) is 9.77 Å². The lowest BCUT2D eigenvalue weighted by Crippen LogP contribution is -2.41. The number of benzene rings is 2. The van der Waals surface area contributed by atoms with Gasteiger partial charge in [0.1, 0.15) is 5.82 Å². The molecule has 4 rings (SSSR count). The van der Waals surface area contributed by atoms with E-state index in [1.807, 2.05) is 0 Å². The van der Waals surface area contributed by atoms with Crippen LogP contribution in [0.2, 0.25) is 0 Å². The van der Waals surface area contributed by atoms with Crippen LogP contribution in [-0.2, 0) is 10.0 Å². The summed E-state index contributed by atoms with van der Waals surface area (Å²) in [4.78, 5) is 26.1.